The number of nitrogens with one attached hydrogen (secondary N) is 1. The fraction of sp³-hybridized carbons (Fsp3) is 0.0476. The number of anilines is 1. The van der Waals surface area contributed by atoms with E-state index in [0.717, 1.165) is 16.8 Å². The van der Waals surface area contributed by atoms with Gasteiger partial charge in [0, 0.05) is 16.8 Å². The van der Waals surface area contributed by atoms with Crippen molar-refractivity contribution in [3.63, 3.8) is 0 Å². The SMILES string of the molecule is COc1cc(/C=C2/C(=O)Nc3ccccc32)ccc1OC(=O)c1ccco1. The molecule has 6 heteroatoms. The molecule has 0 radical (unpaired) electrons. The average molecular weight is 361 g/mol. The lowest BCUT2D eigenvalue weighted by Crippen LogP contribution is -2.08. The van der Waals surface area contributed by atoms with Gasteiger partial charge in [-0.2, -0.15) is 0 Å². The Kier molecular flexibility index (Phi) is 4.22. The number of ether oxygens (including phenoxy) is 2. The maximum atomic E-state index is 12.2. The van der Waals surface area contributed by atoms with Gasteiger partial charge in [-0.1, -0.05) is 24.3 Å². The van der Waals surface area contributed by atoms with Crippen molar-refractivity contribution in [3.05, 3.63) is 77.7 Å². The summed E-state index contributed by atoms with van der Waals surface area (Å²) in [5.41, 5.74) is 2.93. The molecule has 1 aliphatic rings. The monoisotopic (exact) mass is 361 g/mol. The minimum atomic E-state index is -0.617. The summed E-state index contributed by atoms with van der Waals surface area (Å²) in [5.74, 6) is -0.0484. The van der Waals surface area contributed by atoms with E-state index in [4.69, 9.17) is 13.9 Å². The van der Waals surface area contributed by atoms with E-state index in [1.54, 1.807) is 30.3 Å². The van der Waals surface area contributed by atoms with Crippen molar-refractivity contribution in [2.24, 2.45) is 0 Å². The Labute approximate surface area is 155 Å². The minimum absolute atomic E-state index is 0.0995. The number of methoxy groups -OCH3 is 1. The van der Waals surface area contributed by atoms with E-state index in [1.807, 2.05) is 24.3 Å². The molecule has 27 heavy (non-hydrogen) atoms. The lowest BCUT2D eigenvalue weighted by atomic mass is 10.0. The molecular weight excluding hydrogens is 346 g/mol. The Morgan fingerprint density at radius 2 is 1.93 bits per heavy atom. The molecule has 0 spiro atoms. The van der Waals surface area contributed by atoms with Crippen LogP contribution in [0.1, 0.15) is 21.7 Å². The molecule has 0 saturated carbocycles. The second-order valence-corrected chi connectivity index (χ2v) is 5.83. The summed E-state index contributed by atoms with van der Waals surface area (Å²) in [5, 5.41) is 2.83. The van der Waals surface area contributed by atoms with E-state index in [0.29, 0.717) is 11.3 Å². The van der Waals surface area contributed by atoms with E-state index < -0.39 is 5.97 Å². The zero-order valence-electron chi connectivity index (χ0n) is 14.4. The second kappa shape index (κ2) is 6.84. The Bertz CT molecular complexity index is 1050. The molecule has 6 nitrogen and oxygen atoms in total. The van der Waals surface area contributed by atoms with Crippen molar-refractivity contribution in [2.75, 3.05) is 12.4 Å². The highest BCUT2D eigenvalue weighted by atomic mass is 16.6. The largest absolute Gasteiger partial charge is 0.493 e. The predicted octanol–water partition coefficient (Wildman–Crippen LogP) is 4.00. The second-order valence-electron chi connectivity index (χ2n) is 5.83. The molecule has 0 saturated heterocycles. The molecular formula is C21H15NO5. The summed E-state index contributed by atoms with van der Waals surface area (Å²) >= 11 is 0. The summed E-state index contributed by atoms with van der Waals surface area (Å²) in [6.45, 7) is 0. The number of furan rings is 1. The molecule has 2 aromatic carbocycles. The van der Waals surface area contributed by atoms with Gasteiger partial charge in [0.1, 0.15) is 0 Å². The van der Waals surface area contributed by atoms with Crippen LogP contribution in [0.2, 0.25) is 0 Å². The lowest BCUT2D eigenvalue weighted by molar-refractivity contribution is -0.110. The van der Waals surface area contributed by atoms with Gasteiger partial charge >= 0.3 is 5.97 Å². The van der Waals surface area contributed by atoms with E-state index in [1.165, 1.54) is 19.4 Å². The number of esters is 1. The number of rotatable bonds is 4. The van der Waals surface area contributed by atoms with Gasteiger partial charge < -0.3 is 19.2 Å². The lowest BCUT2D eigenvalue weighted by Gasteiger charge is -2.09. The molecule has 3 aromatic rings. The zero-order valence-corrected chi connectivity index (χ0v) is 14.4. The van der Waals surface area contributed by atoms with Gasteiger partial charge in [-0.3, -0.25) is 4.79 Å². The van der Waals surface area contributed by atoms with Crippen molar-refractivity contribution < 1.29 is 23.5 Å². The van der Waals surface area contributed by atoms with Crippen molar-refractivity contribution in [1.82, 2.24) is 0 Å². The Morgan fingerprint density at radius 3 is 2.70 bits per heavy atom. The maximum absolute atomic E-state index is 12.2. The predicted molar refractivity (Wildman–Crippen MR) is 99.6 cm³/mol. The van der Waals surface area contributed by atoms with E-state index in [-0.39, 0.29) is 17.4 Å². The first-order valence-corrected chi connectivity index (χ1v) is 8.22. The molecule has 0 fully saturated rings. The van der Waals surface area contributed by atoms with Gasteiger partial charge in [-0.05, 0) is 42.0 Å². The summed E-state index contributed by atoms with van der Waals surface area (Å²) < 4.78 is 15.7. The smallest absolute Gasteiger partial charge is 0.379 e. The molecule has 0 unspecified atom stereocenters. The number of hydrogen-bond donors (Lipinski definition) is 1. The highest BCUT2D eigenvalue weighted by Crippen LogP contribution is 2.35. The molecule has 1 amide bonds. The summed E-state index contributed by atoms with van der Waals surface area (Å²) in [6, 6.07) is 15.7. The van der Waals surface area contributed by atoms with Crippen LogP contribution in [-0.2, 0) is 4.79 Å². The van der Waals surface area contributed by atoms with Gasteiger partial charge in [0.25, 0.3) is 5.91 Å². The molecule has 1 aliphatic heterocycles. The van der Waals surface area contributed by atoms with E-state index in [9.17, 15) is 9.59 Å². The number of benzene rings is 2. The summed E-state index contributed by atoms with van der Waals surface area (Å²) in [4.78, 5) is 24.3. The van der Waals surface area contributed by atoms with Crippen LogP contribution in [0.25, 0.3) is 11.6 Å². The topological polar surface area (TPSA) is 77.8 Å². The fourth-order valence-electron chi connectivity index (χ4n) is 2.85. The van der Waals surface area contributed by atoms with Crippen LogP contribution in [0.4, 0.5) is 5.69 Å². The summed E-state index contributed by atoms with van der Waals surface area (Å²) in [7, 11) is 1.48. The highest BCUT2D eigenvalue weighted by molar-refractivity contribution is 6.34. The number of hydrogen-bond acceptors (Lipinski definition) is 5. The molecule has 1 aromatic heterocycles. The quantitative estimate of drug-likeness (QED) is 0.432. The van der Waals surface area contributed by atoms with Crippen LogP contribution in [0.5, 0.6) is 11.5 Å². The molecule has 0 bridgehead atoms. The van der Waals surface area contributed by atoms with E-state index >= 15 is 0 Å². The molecule has 1 N–H and O–H groups in total. The van der Waals surface area contributed by atoms with Gasteiger partial charge in [-0.15, -0.1) is 0 Å². The Hall–Kier alpha value is -3.80. The first-order valence-electron chi connectivity index (χ1n) is 8.22. The van der Waals surface area contributed by atoms with Crippen molar-refractivity contribution in [2.45, 2.75) is 0 Å². The number of fused-ring (bicyclic) bond motifs is 1. The third-order valence-electron chi connectivity index (χ3n) is 4.13. The van der Waals surface area contributed by atoms with Crippen molar-refractivity contribution >= 4 is 29.2 Å². The van der Waals surface area contributed by atoms with Crippen LogP contribution < -0.4 is 14.8 Å². The van der Waals surface area contributed by atoms with Crippen molar-refractivity contribution in [3.8, 4) is 11.5 Å². The van der Waals surface area contributed by atoms with Crippen LogP contribution >= 0.6 is 0 Å². The molecule has 134 valence electrons. The van der Waals surface area contributed by atoms with Crippen LogP contribution in [0.3, 0.4) is 0 Å². The van der Waals surface area contributed by atoms with Gasteiger partial charge in [0.2, 0.25) is 5.76 Å². The standard InChI is InChI=1S/C21H15NO5/c1-25-19-12-13(8-9-17(19)27-21(24)18-7-4-10-26-18)11-15-14-5-2-3-6-16(14)22-20(15)23/h2-12H,1H3,(H,22,23)/b15-11+. The summed E-state index contributed by atoms with van der Waals surface area (Å²) in [6.07, 6.45) is 3.16. The van der Waals surface area contributed by atoms with Crippen LogP contribution in [0, 0.1) is 0 Å². The van der Waals surface area contributed by atoms with Crippen LogP contribution in [0.15, 0.2) is 65.3 Å². The first kappa shape index (κ1) is 16.7. The third-order valence-corrected chi connectivity index (χ3v) is 4.13. The zero-order chi connectivity index (χ0) is 18.8. The van der Waals surface area contributed by atoms with Gasteiger partial charge in [0.05, 0.1) is 13.4 Å². The van der Waals surface area contributed by atoms with Crippen molar-refractivity contribution in [1.29, 1.82) is 0 Å². The molecule has 4 rings (SSSR count). The van der Waals surface area contributed by atoms with Gasteiger partial charge in [0.15, 0.2) is 11.5 Å². The maximum Gasteiger partial charge on any atom is 0.379 e. The van der Waals surface area contributed by atoms with Gasteiger partial charge in [-0.25, -0.2) is 4.79 Å². The molecule has 2 heterocycles. The van der Waals surface area contributed by atoms with Crippen LogP contribution in [-0.4, -0.2) is 19.0 Å². The Morgan fingerprint density at radius 1 is 1.07 bits per heavy atom. The molecule has 0 atom stereocenters. The molecule has 0 aliphatic carbocycles. The number of carbonyl (C=O) groups is 2. The number of carbonyl (C=O) groups excluding carboxylic acids is 2. The first-order chi connectivity index (χ1) is 13.2. The Balaban J connectivity index is 1.64. The normalized spacial score (nSPS) is 14.0. The number of amides is 1. The fourth-order valence-corrected chi connectivity index (χ4v) is 2.85. The number of para-hydroxylation sites is 1. The minimum Gasteiger partial charge on any atom is -0.493 e. The van der Waals surface area contributed by atoms with E-state index in [2.05, 4.69) is 5.32 Å². The average Bonchev–Trinajstić information content (AvgIpc) is 3.32. The highest BCUT2D eigenvalue weighted by Gasteiger charge is 2.23. The third kappa shape index (κ3) is 3.20.